The summed E-state index contributed by atoms with van der Waals surface area (Å²) in [6.45, 7) is 0. The van der Waals surface area contributed by atoms with Gasteiger partial charge in [0.1, 0.15) is 10.0 Å². The molecule has 0 bridgehead atoms. The van der Waals surface area contributed by atoms with Crippen LogP contribution in [0, 0.1) is 3.70 Å². The molecule has 0 saturated heterocycles. The number of nitrogens with zero attached hydrogens (tertiary/aromatic N) is 3. The molecule has 0 unspecified atom stereocenters. The number of hydrogen-bond donors (Lipinski definition) is 1. The van der Waals surface area contributed by atoms with Gasteiger partial charge in [0.2, 0.25) is 0 Å². The van der Waals surface area contributed by atoms with Gasteiger partial charge in [0.05, 0.1) is 17.5 Å². The van der Waals surface area contributed by atoms with Crippen molar-refractivity contribution in [2.75, 3.05) is 0 Å². The first-order valence-electron chi connectivity index (χ1n) is 3.33. The molecular formula is C7H5IN4. The van der Waals surface area contributed by atoms with Crippen molar-refractivity contribution in [3.8, 4) is 11.3 Å². The summed E-state index contributed by atoms with van der Waals surface area (Å²) in [6.07, 6.45) is 4.99. The molecule has 0 aliphatic rings. The molecule has 4 nitrogen and oxygen atoms in total. The Bertz CT molecular complexity index is 370. The highest BCUT2D eigenvalue weighted by atomic mass is 127. The Morgan fingerprint density at radius 2 is 2.33 bits per heavy atom. The minimum Gasteiger partial charge on any atom is -0.272 e. The predicted octanol–water partition coefficient (Wildman–Crippen LogP) is 1.47. The monoisotopic (exact) mass is 272 g/mol. The summed E-state index contributed by atoms with van der Waals surface area (Å²) < 4.78 is 0.992. The van der Waals surface area contributed by atoms with Crippen LogP contribution in [0.4, 0.5) is 0 Å². The molecule has 0 atom stereocenters. The van der Waals surface area contributed by atoms with Gasteiger partial charge in [-0.3, -0.25) is 5.10 Å². The highest BCUT2D eigenvalue weighted by molar-refractivity contribution is 14.1. The van der Waals surface area contributed by atoms with Gasteiger partial charge >= 0.3 is 0 Å². The van der Waals surface area contributed by atoms with Gasteiger partial charge in [-0.25, -0.2) is 9.97 Å². The Hall–Kier alpha value is -0.980. The zero-order valence-electron chi connectivity index (χ0n) is 6.03. The fraction of sp³-hybridized carbons (Fsp3) is 0. The van der Waals surface area contributed by atoms with Gasteiger partial charge in [0.25, 0.3) is 0 Å². The van der Waals surface area contributed by atoms with Crippen LogP contribution in [0.5, 0.6) is 0 Å². The summed E-state index contributed by atoms with van der Waals surface area (Å²) in [4.78, 5) is 7.95. The lowest BCUT2D eigenvalue weighted by Crippen LogP contribution is -1.83. The second-order valence-corrected chi connectivity index (χ2v) is 3.27. The van der Waals surface area contributed by atoms with Gasteiger partial charge in [0, 0.05) is 6.20 Å². The topological polar surface area (TPSA) is 54.5 Å². The third kappa shape index (κ3) is 1.31. The average Bonchev–Trinajstić information content (AvgIpc) is 2.53. The molecule has 0 aliphatic carbocycles. The van der Waals surface area contributed by atoms with Crippen molar-refractivity contribution >= 4 is 22.6 Å². The van der Waals surface area contributed by atoms with Crippen LogP contribution in [0.25, 0.3) is 11.3 Å². The van der Waals surface area contributed by atoms with Crippen molar-refractivity contribution in [2.24, 2.45) is 0 Å². The van der Waals surface area contributed by atoms with E-state index >= 15 is 0 Å². The van der Waals surface area contributed by atoms with Crippen molar-refractivity contribution in [1.82, 2.24) is 20.2 Å². The standard InChI is InChI=1S/C7H5IN4/c8-7-5(3-11-12-7)6-1-2-9-4-10-6/h1-4H,(H,11,12). The fourth-order valence-electron chi connectivity index (χ4n) is 0.899. The Balaban J connectivity index is 2.51. The molecule has 0 radical (unpaired) electrons. The maximum absolute atomic E-state index is 4.11. The number of H-pyrrole nitrogens is 1. The molecular weight excluding hydrogens is 267 g/mol. The molecule has 12 heavy (non-hydrogen) atoms. The molecule has 0 aliphatic heterocycles. The largest absolute Gasteiger partial charge is 0.272 e. The van der Waals surface area contributed by atoms with Crippen LogP contribution in [0.15, 0.2) is 24.8 Å². The summed E-state index contributed by atoms with van der Waals surface area (Å²) in [5.41, 5.74) is 1.90. The highest BCUT2D eigenvalue weighted by Crippen LogP contribution is 2.19. The Morgan fingerprint density at radius 3 is 2.92 bits per heavy atom. The summed E-state index contributed by atoms with van der Waals surface area (Å²) in [6, 6.07) is 1.85. The van der Waals surface area contributed by atoms with Gasteiger partial charge in [-0.2, -0.15) is 5.10 Å². The second kappa shape index (κ2) is 3.18. The number of hydrogen-bond acceptors (Lipinski definition) is 3. The van der Waals surface area contributed by atoms with Crippen LogP contribution in [0.3, 0.4) is 0 Å². The predicted molar refractivity (Wildman–Crippen MR) is 52.3 cm³/mol. The van der Waals surface area contributed by atoms with E-state index in [1.807, 2.05) is 6.07 Å². The smallest absolute Gasteiger partial charge is 0.116 e. The number of nitrogens with one attached hydrogen (secondary N) is 1. The van der Waals surface area contributed by atoms with Gasteiger partial charge in [-0.15, -0.1) is 0 Å². The molecule has 0 aromatic carbocycles. The van der Waals surface area contributed by atoms with E-state index in [2.05, 4.69) is 42.8 Å². The number of halogens is 1. The van der Waals surface area contributed by atoms with Crippen LogP contribution < -0.4 is 0 Å². The molecule has 2 aromatic rings. The zero-order valence-corrected chi connectivity index (χ0v) is 8.19. The molecule has 2 heterocycles. The minimum absolute atomic E-state index is 0.892. The lowest BCUT2D eigenvalue weighted by Gasteiger charge is -1.93. The molecule has 2 aromatic heterocycles. The van der Waals surface area contributed by atoms with E-state index in [1.165, 1.54) is 6.33 Å². The van der Waals surface area contributed by atoms with Crippen LogP contribution in [-0.2, 0) is 0 Å². The van der Waals surface area contributed by atoms with E-state index < -0.39 is 0 Å². The van der Waals surface area contributed by atoms with E-state index in [4.69, 9.17) is 0 Å². The molecule has 5 heteroatoms. The van der Waals surface area contributed by atoms with Crippen molar-refractivity contribution in [3.05, 3.63) is 28.5 Å². The normalized spacial score (nSPS) is 10.1. The number of rotatable bonds is 1. The summed E-state index contributed by atoms with van der Waals surface area (Å²) in [7, 11) is 0. The lowest BCUT2D eigenvalue weighted by molar-refractivity contribution is 1.07. The van der Waals surface area contributed by atoms with E-state index in [-0.39, 0.29) is 0 Å². The maximum Gasteiger partial charge on any atom is 0.116 e. The van der Waals surface area contributed by atoms with Crippen molar-refractivity contribution < 1.29 is 0 Å². The Kier molecular flexibility index (Phi) is 2.03. The van der Waals surface area contributed by atoms with Crippen LogP contribution in [0.2, 0.25) is 0 Å². The third-order valence-corrected chi connectivity index (χ3v) is 2.27. The lowest BCUT2D eigenvalue weighted by atomic mass is 10.2. The average molecular weight is 272 g/mol. The SMILES string of the molecule is Ic1[nH]ncc1-c1ccncn1. The van der Waals surface area contributed by atoms with E-state index in [0.29, 0.717) is 0 Å². The van der Waals surface area contributed by atoms with Crippen molar-refractivity contribution in [2.45, 2.75) is 0 Å². The zero-order chi connectivity index (χ0) is 8.39. The van der Waals surface area contributed by atoms with Crippen LogP contribution in [0.1, 0.15) is 0 Å². The van der Waals surface area contributed by atoms with E-state index in [9.17, 15) is 0 Å². The fourth-order valence-corrected chi connectivity index (χ4v) is 1.45. The summed E-state index contributed by atoms with van der Waals surface area (Å²) in [5.74, 6) is 0. The molecule has 0 spiro atoms. The van der Waals surface area contributed by atoms with Crippen molar-refractivity contribution in [1.29, 1.82) is 0 Å². The molecule has 0 amide bonds. The van der Waals surface area contributed by atoms with Crippen molar-refractivity contribution in [3.63, 3.8) is 0 Å². The summed E-state index contributed by atoms with van der Waals surface area (Å²) in [5, 5.41) is 6.75. The molecule has 2 rings (SSSR count). The van der Waals surface area contributed by atoms with Crippen LogP contribution >= 0.6 is 22.6 Å². The Morgan fingerprint density at radius 1 is 1.42 bits per heavy atom. The molecule has 60 valence electrons. The van der Waals surface area contributed by atoms with Gasteiger partial charge in [-0.05, 0) is 28.7 Å². The molecule has 1 N–H and O–H groups in total. The second-order valence-electron chi connectivity index (χ2n) is 2.19. The quantitative estimate of drug-likeness (QED) is 0.800. The summed E-state index contributed by atoms with van der Waals surface area (Å²) >= 11 is 2.18. The first-order chi connectivity index (χ1) is 5.88. The van der Waals surface area contributed by atoms with E-state index in [1.54, 1.807) is 12.4 Å². The Labute approximate surface area is 82.6 Å². The first kappa shape index (κ1) is 7.66. The van der Waals surface area contributed by atoms with Crippen LogP contribution in [-0.4, -0.2) is 20.2 Å². The van der Waals surface area contributed by atoms with E-state index in [0.717, 1.165) is 15.0 Å². The number of aromatic nitrogens is 4. The highest BCUT2D eigenvalue weighted by Gasteiger charge is 2.04. The van der Waals surface area contributed by atoms with Gasteiger partial charge in [-0.1, -0.05) is 0 Å². The van der Waals surface area contributed by atoms with Gasteiger partial charge < -0.3 is 0 Å². The maximum atomic E-state index is 4.11. The van der Waals surface area contributed by atoms with Gasteiger partial charge in [0.15, 0.2) is 0 Å². The first-order valence-corrected chi connectivity index (χ1v) is 4.41. The number of aromatic amines is 1. The molecule has 0 fully saturated rings. The third-order valence-electron chi connectivity index (χ3n) is 1.45. The molecule has 0 saturated carbocycles. The minimum atomic E-state index is 0.892.